The van der Waals surface area contributed by atoms with Crippen LogP contribution in [0.1, 0.15) is 44.0 Å². The molecule has 8 nitrogen and oxygen atoms in total. The highest BCUT2D eigenvalue weighted by molar-refractivity contribution is 5.92. The summed E-state index contributed by atoms with van der Waals surface area (Å²) in [5.74, 6) is -0.830. The van der Waals surface area contributed by atoms with Gasteiger partial charge in [-0.1, -0.05) is 50.2 Å². The second-order valence-electron chi connectivity index (χ2n) is 8.36. The molecule has 0 radical (unpaired) electrons. The molecule has 3 rings (SSSR count). The number of likely N-dealkylation sites (tertiary alicyclic amines) is 1. The van der Waals surface area contributed by atoms with E-state index >= 15 is 0 Å². The molecule has 1 aliphatic rings. The lowest BCUT2D eigenvalue weighted by molar-refractivity contribution is -0.141. The first-order chi connectivity index (χ1) is 15.4. The first-order valence-electron chi connectivity index (χ1n) is 10.9. The number of carbonyl (C=O) groups excluding carboxylic acids is 2. The summed E-state index contributed by atoms with van der Waals surface area (Å²) in [6, 6.07) is 13.5. The van der Waals surface area contributed by atoms with Crippen LogP contribution in [0.5, 0.6) is 0 Å². The van der Waals surface area contributed by atoms with Gasteiger partial charge >= 0.3 is 6.09 Å². The van der Waals surface area contributed by atoms with Crippen molar-refractivity contribution in [1.82, 2.24) is 20.5 Å². The number of nitrogens with one attached hydrogen (secondary N) is 2. The quantitative estimate of drug-likeness (QED) is 0.587. The van der Waals surface area contributed by atoms with Gasteiger partial charge < -0.3 is 20.6 Å². The average molecular weight is 439 g/mol. The minimum Gasteiger partial charge on any atom is -0.465 e. The van der Waals surface area contributed by atoms with Crippen molar-refractivity contribution in [3.05, 3.63) is 66.0 Å². The first kappa shape index (κ1) is 23.2. The SMILES string of the molecule is CC(C)[C@H](NC(=O)O)C(=O)N1CCC[C@H]1C(=O)N[C@@H](Cc1ccccn1)c1ccccc1. The van der Waals surface area contributed by atoms with Gasteiger partial charge in [-0.15, -0.1) is 0 Å². The number of benzene rings is 1. The summed E-state index contributed by atoms with van der Waals surface area (Å²) in [5.41, 5.74) is 1.81. The van der Waals surface area contributed by atoms with Crippen LogP contribution in [-0.4, -0.2) is 51.5 Å². The number of rotatable bonds is 8. The van der Waals surface area contributed by atoms with Crippen LogP contribution in [0, 0.1) is 5.92 Å². The zero-order chi connectivity index (χ0) is 23.1. The molecule has 1 aromatic carbocycles. The Bertz CT molecular complexity index is 920. The molecule has 0 saturated carbocycles. The van der Waals surface area contributed by atoms with Gasteiger partial charge in [0.1, 0.15) is 12.1 Å². The maximum atomic E-state index is 13.3. The molecule has 8 heteroatoms. The van der Waals surface area contributed by atoms with E-state index in [0.29, 0.717) is 25.8 Å². The van der Waals surface area contributed by atoms with Gasteiger partial charge in [-0.05, 0) is 36.5 Å². The summed E-state index contributed by atoms with van der Waals surface area (Å²) in [6.45, 7) is 3.99. The van der Waals surface area contributed by atoms with Crippen molar-refractivity contribution in [2.75, 3.05) is 6.54 Å². The number of pyridine rings is 1. The van der Waals surface area contributed by atoms with Crippen molar-refractivity contribution >= 4 is 17.9 Å². The average Bonchev–Trinajstić information content (AvgIpc) is 3.28. The van der Waals surface area contributed by atoms with Crippen molar-refractivity contribution in [2.24, 2.45) is 5.92 Å². The third-order valence-electron chi connectivity index (χ3n) is 5.71. The van der Waals surface area contributed by atoms with Crippen LogP contribution in [0.4, 0.5) is 4.79 Å². The van der Waals surface area contributed by atoms with Gasteiger partial charge in [-0.25, -0.2) is 4.79 Å². The van der Waals surface area contributed by atoms with Crippen LogP contribution < -0.4 is 10.6 Å². The minimum atomic E-state index is -1.25. The van der Waals surface area contributed by atoms with E-state index in [2.05, 4.69) is 15.6 Å². The maximum absolute atomic E-state index is 13.3. The summed E-state index contributed by atoms with van der Waals surface area (Å²) in [7, 11) is 0. The van der Waals surface area contributed by atoms with E-state index in [4.69, 9.17) is 5.11 Å². The van der Waals surface area contributed by atoms with Crippen LogP contribution in [0.25, 0.3) is 0 Å². The molecule has 1 fully saturated rings. The zero-order valence-corrected chi connectivity index (χ0v) is 18.4. The third kappa shape index (κ3) is 5.84. The highest BCUT2D eigenvalue weighted by Crippen LogP contribution is 2.23. The van der Waals surface area contributed by atoms with Crippen LogP contribution in [0.3, 0.4) is 0 Å². The molecule has 170 valence electrons. The Balaban J connectivity index is 1.77. The Hall–Kier alpha value is -3.42. The smallest absolute Gasteiger partial charge is 0.405 e. The molecule has 0 spiro atoms. The fourth-order valence-corrected chi connectivity index (χ4v) is 4.06. The second-order valence-corrected chi connectivity index (χ2v) is 8.36. The van der Waals surface area contributed by atoms with Gasteiger partial charge in [0.05, 0.1) is 6.04 Å². The van der Waals surface area contributed by atoms with Crippen molar-refractivity contribution in [2.45, 2.75) is 51.2 Å². The van der Waals surface area contributed by atoms with E-state index in [9.17, 15) is 14.4 Å². The Kier molecular flexibility index (Phi) is 7.81. The molecule has 3 N–H and O–H groups in total. The van der Waals surface area contributed by atoms with Gasteiger partial charge in [-0.2, -0.15) is 0 Å². The fraction of sp³-hybridized carbons (Fsp3) is 0.417. The Morgan fingerprint density at radius 1 is 1.09 bits per heavy atom. The Morgan fingerprint density at radius 3 is 2.44 bits per heavy atom. The normalized spacial score (nSPS) is 17.6. The molecular formula is C24H30N4O4. The van der Waals surface area contributed by atoms with Crippen molar-refractivity contribution in [3.8, 4) is 0 Å². The lowest BCUT2D eigenvalue weighted by Crippen LogP contribution is -2.55. The van der Waals surface area contributed by atoms with E-state index < -0.39 is 18.2 Å². The van der Waals surface area contributed by atoms with Crippen LogP contribution in [-0.2, 0) is 16.0 Å². The molecule has 3 amide bonds. The van der Waals surface area contributed by atoms with Gasteiger partial charge in [0.2, 0.25) is 11.8 Å². The molecule has 0 aliphatic carbocycles. The molecular weight excluding hydrogens is 408 g/mol. The van der Waals surface area contributed by atoms with Gasteiger partial charge in [0, 0.05) is 24.9 Å². The number of nitrogens with zero attached hydrogens (tertiary/aromatic N) is 2. The molecule has 2 aromatic rings. The number of carboxylic acid groups (broad SMARTS) is 1. The Morgan fingerprint density at radius 2 is 1.81 bits per heavy atom. The molecule has 1 aliphatic heterocycles. The summed E-state index contributed by atoms with van der Waals surface area (Å²) < 4.78 is 0. The summed E-state index contributed by atoms with van der Waals surface area (Å²) in [5, 5.41) is 14.5. The summed E-state index contributed by atoms with van der Waals surface area (Å²) >= 11 is 0. The number of hydrogen-bond donors (Lipinski definition) is 3. The lowest BCUT2D eigenvalue weighted by Gasteiger charge is -2.31. The minimum absolute atomic E-state index is 0.232. The zero-order valence-electron chi connectivity index (χ0n) is 18.4. The number of amides is 3. The summed E-state index contributed by atoms with van der Waals surface area (Å²) in [6.07, 6.45) is 2.22. The van der Waals surface area contributed by atoms with Crippen LogP contribution >= 0.6 is 0 Å². The van der Waals surface area contributed by atoms with Crippen molar-refractivity contribution in [3.63, 3.8) is 0 Å². The molecule has 0 unspecified atom stereocenters. The molecule has 32 heavy (non-hydrogen) atoms. The number of aromatic nitrogens is 1. The van der Waals surface area contributed by atoms with Crippen molar-refractivity contribution in [1.29, 1.82) is 0 Å². The lowest BCUT2D eigenvalue weighted by atomic mass is 10.00. The van der Waals surface area contributed by atoms with Gasteiger partial charge in [0.15, 0.2) is 0 Å². The van der Waals surface area contributed by atoms with Crippen molar-refractivity contribution < 1.29 is 19.5 Å². The second kappa shape index (κ2) is 10.7. The molecule has 1 aromatic heterocycles. The van der Waals surface area contributed by atoms with E-state index in [0.717, 1.165) is 11.3 Å². The van der Waals surface area contributed by atoms with Crippen LogP contribution in [0.2, 0.25) is 0 Å². The van der Waals surface area contributed by atoms with E-state index in [1.54, 1.807) is 20.0 Å². The fourth-order valence-electron chi connectivity index (χ4n) is 4.06. The number of carbonyl (C=O) groups is 3. The first-order valence-corrected chi connectivity index (χ1v) is 10.9. The highest BCUT2D eigenvalue weighted by atomic mass is 16.4. The topological polar surface area (TPSA) is 112 Å². The predicted octanol–water partition coefficient (Wildman–Crippen LogP) is 2.76. The van der Waals surface area contributed by atoms with Gasteiger partial charge in [0.25, 0.3) is 0 Å². The Labute approximate surface area is 188 Å². The van der Waals surface area contributed by atoms with Gasteiger partial charge in [-0.3, -0.25) is 14.6 Å². The third-order valence-corrected chi connectivity index (χ3v) is 5.71. The maximum Gasteiger partial charge on any atom is 0.405 e. The molecule has 3 atom stereocenters. The largest absolute Gasteiger partial charge is 0.465 e. The molecule has 1 saturated heterocycles. The van der Waals surface area contributed by atoms with Crippen LogP contribution in [0.15, 0.2) is 54.7 Å². The van der Waals surface area contributed by atoms with E-state index in [1.165, 1.54) is 4.90 Å². The highest BCUT2D eigenvalue weighted by Gasteiger charge is 2.39. The number of hydrogen-bond acceptors (Lipinski definition) is 4. The van der Waals surface area contributed by atoms with E-state index in [1.807, 2.05) is 48.5 Å². The molecule has 2 heterocycles. The predicted molar refractivity (Wildman–Crippen MR) is 120 cm³/mol. The summed E-state index contributed by atoms with van der Waals surface area (Å²) in [4.78, 5) is 43.4. The monoisotopic (exact) mass is 438 g/mol. The van der Waals surface area contributed by atoms with E-state index in [-0.39, 0.29) is 23.8 Å². The molecule has 0 bridgehead atoms. The standard InChI is InChI=1S/C24H30N4O4/c1-16(2)21(27-24(31)32)23(30)28-14-8-12-20(28)22(29)26-19(17-9-4-3-5-10-17)15-18-11-6-7-13-25-18/h3-7,9-11,13,16,19-21,27H,8,12,14-15H2,1-2H3,(H,26,29)(H,31,32)/t19-,20-,21-/m0/s1.